The van der Waals surface area contributed by atoms with Gasteiger partial charge in [-0.25, -0.2) is 0 Å². The van der Waals surface area contributed by atoms with E-state index in [4.69, 9.17) is 32.2 Å². The van der Waals surface area contributed by atoms with Gasteiger partial charge in [0.15, 0.2) is 5.44 Å². The summed E-state index contributed by atoms with van der Waals surface area (Å²) >= 11 is 11.1. The van der Waals surface area contributed by atoms with Gasteiger partial charge in [0.1, 0.15) is 4.49 Å². The van der Waals surface area contributed by atoms with E-state index in [1.165, 1.54) is 6.92 Å². The molecule has 94 valence electrons. The van der Waals surface area contributed by atoms with Crippen molar-refractivity contribution in [2.45, 2.75) is 20.8 Å². The van der Waals surface area contributed by atoms with Crippen LogP contribution in [0, 0.1) is 0 Å². The third kappa shape index (κ3) is 4.85. The first-order valence-corrected chi connectivity index (χ1v) is 6.89. The Labute approximate surface area is 105 Å². The molecule has 0 saturated heterocycles. The molecule has 0 unspecified atom stereocenters. The highest BCUT2D eigenvalue weighted by atomic mass is 35.5. The van der Waals surface area contributed by atoms with E-state index in [0.29, 0.717) is 0 Å². The lowest BCUT2D eigenvalue weighted by atomic mass is 10.7. The molecule has 0 bridgehead atoms. The van der Waals surface area contributed by atoms with Gasteiger partial charge in [0.05, 0.1) is 13.2 Å². The Hall–Kier alpha value is -0.0600. The second-order valence-electron chi connectivity index (χ2n) is 2.62. The number of rotatable bonds is 6. The zero-order valence-corrected chi connectivity index (χ0v) is 11.7. The van der Waals surface area contributed by atoms with Gasteiger partial charge in [-0.15, -0.1) is 0 Å². The Kier molecular flexibility index (Phi) is 7.27. The summed E-state index contributed by atoms with van der Waals surface area (Å²) in [5.74, 6) is -0.464. The smallest absolute Gasteiger partial charge is 0.318 e. The predicted octanol–water partition coefficient (Wildman–Crippen LogP) is 2.99. The molecule has 0 aromatic heterocycles. The van der Waals surface area contributed by atoms with Crippen LogP contribution in [-0.2, 0) is 18.4 Å². The van der Waals surface area contributed by atoms with Crippen LogP contribution >= 0.6 is 30.8 Å². The lowest BCUT2D eigenvalue weighted by Gasteiger charge is -2.19. The molecule has 1 amide bonds. The lowest BCUT2D eigenvalue weighted by molar-refractivity contribution is -0.118. The molecular formula is C8H14Cl2NO4P. The Morgan fingerprint density at radius 2 is 1.69 bits per heavy atom. The van der Waals surface area contributed by atoms with E-state index in [2.05, 4.69) is 5.32 Å². The van der Waals surface area contributed by atoms with Gasteiger partial charge in [-0.05, 0) is 13.8 Å². The standard InChI is InChI=1S/C8H14Cl2NO4P/c1-4-14-16(13,15-5-2)8(7(9)10)11-6(3)12/h4-5H2,1-3H3,(H,11,12). The summed E-state index contributed by atoms with van der Waals surface area (Å²) in [6, 6.07) is 0. The van der Waals surface area contributed by atoms with Crippen LogP contribution in [0.4, 0.5) is 0 Å². The van der Waals surface area contributed by atoms with Gasteiger partial charge >= 0.3 is 7.60 Å². The molecule has 5 nitrogen and oxygen atoms in total. The molecule has 0 aliphatic carbocycles. The van der Waals surface area contributed by atoms with Gasteiger partial charge in [0.25, 0.3) is 0 Å². The minimum absolute atomic E-state index is 0.140. The van der Waals surface area contributed by atoms with Crippen LogP contribution in [0.1, 0.15) is 20.8 Å². The molecule has 0 fully saturated rings. The minimum Gasteiger partial charge on any atom is -0.318 e. The maximum atomic E-state index is 12.2. The summed E-state index contributed by atoms with van der Waals surface area (Å²) in [6.07, 6.45) is 0. The molecule has 1 N–H and O–H groups in total. The summed E-state index contributed by atoms with van der Waals surface area (Å²) in [5.41, 5.74) is -0.230. The average molecular weight is 290 g/mol. The zero-order valence-electron chi connectivity index (χ0n) is 9.25. The molecule has 0 heterocycles. The van der Waals surface area contributed by atoms with Crippen molar-refractivity contribution in [1.82, 2.24) is 5.32 Å². The topological polar surface area (TPSA) is 64.6 Å². The van der Waals surface area contributed by atoms with Gasteiger partial charge < -0.3 is 14.4 Å². The van der Waals surface area contributed by atoms with Crippen LogP contribution in [0.2, 0.25) is 0 Å². The molecule has 0 saturated carbocycles. The maximum absolute atomic E-state index is 12.2. The molecule has 0 aromatic rings. The highest BCUT2D eigenvalue weighted by Crippen LogP contribution is 2.56. The second kappa shape index (κ2) is 7.30. The Bertz CT molecular complexity index is 318. The van der Waals surface area contributed by atoms with Crippen LogP contribution < -0.4 is 5.32 Å². The Balaban J connectivity index is 5.20. The van der Waals surface area contributed by atoms with Crippen molar-refractivity contribution in [3.8, 4) is 0 Å². The summed E-state index contributed by atoms with van der Waals surface area (Å²) in [7, 11) is -3.66. The first kappa shape index (κ1) is 15.9. The molecule has 0 rings (SSSR count). The van der Waals surface area contributed by atoms with E-state index in [0.717, 1.165) is 0 Å². The van der Waals surface area contributed by atoms with Crippen molar-refractivity contribution in [2.75, 3.05) is 13.2 Å². The maximum Gasteiger partial charge on any atom is 0.379 e. The molecule has 0 aliphatic heterocycles. The fourth-order valence-electron chi connectivity index (χ4n) is 0.892. The quantitative estimate of drug-likeness (QED) is 0.764. The predicted molar refractivity (Wildman–Crippen MR) is 63.4 cm³/mol. The van der Waals surface area contributed by atoms with E-state index in [9.17, 15) is 9.36 Å². The van der Waals surface area contributed by atoms with Crippen LogP contribution in [0.3, 0.4) is 0 Å². The van der Waals surface area contributed by atoms with E-state index < -0.39 is 13.5 Å². The molecule has 0 aromatic carbocycles. The van der Waals surface area contributed by atoms with Crippen molar-refractivity contribution in [3.63, 3.8) is 0 Å². The molecule has 8 heteroatoms. The summed E-state index contributed by atoms with van der Waals surface area (Å²) in [5, 5.41) is 2.25. The van der Waals surface area contributed by atoms with Crippen LogP contribution in [0.25, 0.3) is 0 Å². The van der Waals surface area contributed by atoms with Gasteiger partial charge in [0.2, 0.25) is 5.91 Å². The van der Waals surface area contributed by atoms with Crippen LogP contribution in [0.15, 0.2) is 9.93 Å². The number of carbonyl (C=O) groups excluding carboxylic acids is 1. The summed E-state index contributed by atoms with van der Waals surface area (Å²) in [4.78, 5) is 10.9. The number of halogens is 2. The first-order valence-electron chi connectivity index (χ1n) is 4.59. The number of carbonyl (C=O) groups is 1. The van der Waals surface area contributed by atoms with E-state index >= 15 is 0 Å². The van der Waals surface area contributed by atoms with Gasteiger partial charge in [-0.1, -0.05) is 23.2 Å². The van der Waals surface area contributed by atoms with E-state index in [-0.39, 0.29) is 23.1 Å². The first-order chi connectivity index (χ1) is 7.37. The van der Waals surface area contributed by atoms with Crippen LogP contribution in [0.5, 0.6) is 0 Å². The van der Waals surface area contributed by atoms with E-state index in [1.54, 1.807) is 13.8 Å². The minimum atomic E-state index is -3.66. The molecule has 0 aliphatic rings. The number of nitrogens with one attached hydrogen (secondary N) is 1. The summed E-state index contributed by atoms with van der Waals surface area (Å²) < 4.78 is 21.8. The fourth-order valence-corrected chi connectivity index (χ4v) is 3.12. The Morgan fingerprint density at radius 1 is 1.25 bits per heavy atom. The van der Waals surface area contributed by atoms with Gasteiger partial charge in [0, 0.05) is 6.92 Å². The normalized spacial score (nSPS) is 11.1. The highest BCUT2D eigenvalue weighted by Gasteiger charge is 2.33. The van der Waals surface area contributed by atoms with Gasteiger partial charge in [-0.3, -0.25) is 9.36 Å². The highest BCUT2D eigenvalue weighted by molar-refractivity contribution is 7.58. The van der Waals surface area contributed by atoms with E-state index in [1.807, 2.05) is 0 Å². The summed E-state index contributed by atoms with van der Waals surface area (Å²) in [6.45, 7) is 4.79. The molecule has 0 radical (unpaired) electrons. The molecular weight excluding hydrogens is 276 g/mol. The number of hydrogen-bond acceptors (Lipinski definition) is 4. The molecule has 16 heavy (non-hydrogen) atoms. The Morgan fingerprint density at radius 3 is 1.94 bits per heavy atom. The monoisotopic (exact) mass is 289 g/mol. The van der Waals surface area contributed by atoms with Crippen molar-refractivity contribution < 1.29 is 18.4 Å². The van der Waals surface area contributed by atoms with Crippen LogP contribution in [-0.4, -0.2) is 19.1 Å². The second-order valence-corrected chi connectivity index (χ2v) is 5.53. The SMILES string of the molecule is CCOP(=O)(OCC)C(NC(C)=O)=C(Cl)Cl. The van der Waals surface area contributed by atoms with Crippen molar-refractivity contribution in [2.24, 2.45) is 0 Å². The largest absolute Gasteiger partial charge is 0.379 e. The zero-order chi connectivity index (χ0) is 12.8. The molecule has 0 spiro atoms. The van der Waals surface area contributed by atoms with Gasteiger partial charge in [-0.2, -0.15) is 0 Å². The third-order valence-electron chi connectivity index (χ3n) is 1.35. The van der Waals surface area contributed by atoms with Crippen molar-refractivity contribution in [1.29, 1.82) is 0 Å². The third-order valence-corrected chi connectivity index (χ3v) is 4.07. The fraction of sp³-hybridized carbons (Fsp3) is 0.625. The number of amides is 1. The number of hydrogen-bond donors (Lipinski definition) is 1. The molecule has 0 atom stereocenters. The lowest BCUT2D eigenvalue weighted by Crippen LogP contribution is -2.21. The van der Waals surface area contributed by atoms with Crippen molar-refractivity contribution in [3.05, 3.63) is 9.93 Å². The average Bonchev–Trinajstić information content (AvgIpc) is 2.14. The van der Waals surface area contributed by atoms with Crippen molar-refractivity contribution >= 4 is 36.7 Å².